The second-order valence-electron chi connectivity index (χ2n) is 5.86. The Kier molecular flexibility index (Phi) is 3.64. The fraction of sp³-hybridized carbons (Fsp3) is 0.176. The van der Waals surface area contributed by atoms with Crippen molar-refractivity contribution >= 4 is 11.7 Å². The number of urea groups is 1. The molecule has 1 fully saturated rings. The number of aromatic nitrogens is 4. The van der Waals surface area contributed by atoms with Crippen LogP contribution in [-0.2, 0) is 5.54 Å². The quantitative estimate of drug-likeness (QED) is 0.766. The van der Waals surface area contributed by atoms with Gasteiger partial charge in [-0.3, -0.25) is 0 Å². The normalized spacial score (nSPS) is 14.8. The van der Waals surface area contributed by atoms with E-state index in [9.17, 15) is 9.18 Å². The van der Waals surface area contributed by atoms with Gasteiger partial charge < -0.3 is 10.6 Å². The largest absolute Gasteiger partial charge is 0.328 e. The molecule has 1 aromatic carbocycles. The molecule has 126 valence electrons. The zero-order chi connectivity index (χ0) is 17.3. The first-order valence-corrected chi connectivity index (χ1v) is 7.82. The number of rotatable bonds is 4. The number of pyridine rings is 1. The zero-order valence-electron chi connectivity index (χ0n) is 13.2. The fourth-order valence-electron chi connectivity index (χ4n) is 2.80. The summed E-state index contributed by atoms with van der Waals surface area (Å²) in [6.45, 7) is 0. The third kappa shape index (κ3) is 2.93. The topological polar surface area (TPSA) is 84.7 Å². The molecule has 1 saturated carbocycles. The van der Waals surface area contributed by atoms with Gasteiger partial charge in [0, 0.05) is 11.8 Å². The first-order valence-electron chi connectivity index (χ1n) is 7.82. The Morgan fingerprint density at radius 1 is 1.20 bits per heavy atom. The van der Waals surface area contributed by atoms with E-state index >= 15 is 0 Å². The Balaban J connectivity index is 1.54. The number of carbonyl (C=O) groups is 1. The van der Waals surface area contributed by atoms with E-state index in [0.29, 0.717) is 29.9 Å². The summed E-state index contributed by atoms with van der Waals surface area (Å²) in [7, 11) is 0. The summed E-state index contributed by atoms with van der Waals surface area (Å²) in [4.78, 5) is 20.6. The van der Waals surface area contributed by atoms with Crippen LogP contribution in [-0.4, -0.2) is 25.8 Å². The van der Waals surface area contributed by atoms with Crippen molar-refractivity contribution < 1.29 is 9.18 Å². The standard InChI is InChI=1S/C17H15FN6O/c18-13-5-2-1-4-12(13)17(7-8-17)23-16(25)22-14-6-3-9-20-15(14)24-11-19-10-21-24/h1-6,9-11H,7-8H2,(H2,22,23,25). The van der Waals surface area contributed by atoms with Crippen molar-refractivity contribution in [1.82, 2.24) is 25.1 Å². The van der Waals surface area contributed by atoms with Gasteiger partial charge in [-0.15, -0.1) is 0 Å². The molecule has 8 heteroatoms. The van der Waals surface area contributed by atoms with Gasteiger partial charge in [0.1, 0.15) is 18.5 Å². The van der Waals surface area contributed by atoms with Crippen molar-refractivity contribution in [3.63, 3.8) is 0 Å². The predicted molar refractivity (Wildman–Crippen MR) is 88.6 cm³/mol. The van der Waals surface area contributed by atoms with E-state index in [4.69, 9.17) is 0 Å². The molecular formula is C17H15FN6O. The van der Waals surface area contributed by atoms with Crippen LogP contribution >= 0.6 is 0 Å². The smallest absolute Gasteiger partial charge is 0.320 e. The van der Waals surface area contributed by atoms with Crippen molar-refractivity contribution in [3.05, 3.63) is 66.6 Å². The molecule has 1 aliphatic rings. The number of anilines is 1. The number of amides is 2. The highest BCUT2D eigenvalue weighted by molar-refractivity contribution is 5.91. The summed E-state index contributed by atoms with van der Waals surface area (Å²) in [6.07, 6.45) is 5.87. The third-order valence-electron chi connectivity index (χ3n) is 4.16. The van der Waals surface area contributed by atoms with Crippen LogP contribution in [0.25, 0.3) is 5.82 Å². The molecule has 0 bridgehead atoms. The molecular weight excluding hydrogens is 323 g/mol. The lowest BCUT2D eigenvalue weighted by molar-refractivity contribution is 0.247. The maximum absolute atomic E-state index is 14.1. The van der Waals surface area contributed by atoms with E-state index in [0.717, 1.165) is 0 Å². The van der Waals surface area contributed by atoms with Crippen molar-refractivity contribution in [2.45, 2.75) is 18.4 Å². The number of nitrogens with one attached hydrogen (secondary N) is 2. The average Bonchev–Trinajstić information content (AvgIpc) is 3.17. The van der Waals surface area contributed by atoms with Crippen LogP contribution in [0.1, 0.15) is 18.4 Å². The highest BCUT2D eigenvalue weighted by Gasteiger charge is 2.47. The second-order valence-corrected chi connectivity index (χ2v) is 5.86. The molecule has 25 heavy (non-hydrogen) atoms. The van der Waals surface area contributed by atoms with Crippen LogP contribution in [0, 0.1) is 5.82 Å². The third-order valence-corrected chi connectivity index (χ3v) is 4.16. The van der Waals surface area contributed by atoms with Gasteiger partial charge in [-0.2, -0.15) is 5.10 Å². The van der Waals surface area contributed by atoms with Crippen molar-refractivity contribution in [3.8, 4) is 5.82 Å². The molecule has 2 N–H and O–H groups in total. The van der Waals surface area contributed by atoms with Crippen molar-refractivity contribution in [2.24, 2.45) is 0 Å². The molecule has 0 spiro atoms. The SMILES string of the molecule is O=C(Nc1cccnc1-n1cncn1)NC1(c2ccccc2F)CC1. The van der Waals surface area contributed by atoms with E-state index in [1.54, 1.807) is 36.5 Å². The minimum absolute atomic E-state index is 0.315. The lowest BCUT2D eigenvalue weighted by atomic mass is 10.0. The summed E-state index contributed by atoms with van der Waals surface area (Å²) < 4.78 is 15.5. The average molecular weight is 338 g/mol. The van der Waals surface area contributed by atoms with Gasteiger partial charge >= 0.3 is 6.03 Å². The Labute approximate surface area is 142 Å². The number of hydrogen-bond acceptors (Lipinski definition) is 4. The molecule has 0 atom stereocenters. The van der Waals surface area contributed by atoms with Crippen LogP contribution < -0.4 is 10.6 Å². The molecule has 0 unspecified atom stereocenters. The molecule has 4 rings (SSSR count). The Morgan fingerprint density at radius 3 is 2.76 bits per heavy atom. The minimum atomic E-state index is -0.648. The number of nitrogens with zero attached hydrogens (tertiary/aromatic N) is 4. The maximum atomic E-state index is 14.1. The molecule has 0 radical (unpaired) electrons. The first-order chi connectivity index (χ1) is 12.2. The first kappa shape index (κ1) is 15.3. The van der Waals surface area contributed by atoms with Crippen LogP contribution in [0.5, 0.6) is 0 Å². The predicted octanol–water partition coefficient (Wildman–Crippen LogP) is 2.61. The molecule has 0 saturated heterocycles. The molecule has 2 aromatic heterocycles. The van der Waals surface area contributed by atoms with Crippen molar-refractivity contribution in [2.75, 3.05) is 5.32 Å². The van der Waals surface area contributed by atoms with Gasteiger partial charge in [-0.05, 0) is 31.0 Å². The van der Waals surface area contributed by atoms with E-state index in [1.165, 1.54) is 23.4 Å². The maximum Gasteiger partial charge on any atom is 0.320 e. The van der Waals surface area contributed by atoms with Crippen LogP contribution in [0.3, 0.4) is 0 Å². The second kappa shape index (κ2) is 5.97. The lowest BCUT2D eigenvalue weighted by Crippen LogP contribution is -2.38. The van der Waals surface area contributed by atoms with Gasteiger partial charge in [0.25, 0.3) is 0 Å². The molecule has 0 aliphatic heterocycles. The number of carbonyl (C=O) groups excluding carboxylic acids is 1. The van der Waals surface area contributed by atoms with Gasteiger partial charge in [-0.1, -0.05) is 18.2 Å². The number of hydrogen-bond donors (Lipinski definition) is 2. The van der Waals surface area contributed by atoms with E-state index in [1.807, 2.05) is 0 Å². The molecule has 2 amide bonds. The summed E-state index contributed by atoms with van der Waals surface area (Å²) in [5.41, 5.74) is 0.341. The van der Waals surface area contributed by atoms with Gasteiger partial charge in [0.2, 0.25) is 0 Å². The number of benzene rings is 1. The highest BCUT2D eigenvalue weighted by Crippen LogP contribution is 2.46. The highest BCUT2D eigenvalue weighted by atomic mass is 19.1. The molecule has 1 aliphatic carbocycles. The Morgan fingerprint density at radius 2 is 2.04 bits per heavy atom. The van der Waals surface area contributed by atoms with Crippen molar-refractivity contribution in [1.29, 1.82) is 0 Å². The van der Waals surface area contributed by atoms with Crippen LogP contribution in [0.15, 0.2) is 55.2 Å². The van der Waals surface area contributed by atoms with Gasteiger partial charge in [0.15, 0.2) is 5.82 Å². The molecule has 3 aromatic rings. The summed E-state index contributed by atoms with van der Waals surface area (Å²) >= 11 is 0. The monoisotopic (exact) mass is 338 g/mol. The van der Waals surface area contributed by atoms with E-state index in [2.05, 4.69) is 25.7 Å². The molecule has 2 heterocycles. The van der Waals surface area contributed by atoms with Gasteiger partial charge in [-0.25, -0.2) is 23.8 Å². The summed E-state index contributed by atoms with van der Waals surface area (Å²) in [5.74, 6) is 0.135. The zero-order valence-corrected chi connectivity index (χ0v) is 13.2. The number of halogens is 1. The molecule has 7 nitrogen and oxygen atoms in total. The van der Waals surface area contributed by atoms with E-state index in [-0.39, 0.29) is 5.82 Å². The van der Waals surface area contributed by atoms with Crippen LogP contribution in [0.4, 0.5) is 14.9 Å². The van der Waals surface area contributed by atoms with Crippen LogP contribution in [0.2, 0.25) is 0 Å². The lowest BCUT2D eigenvalue weighted by Gasteiger charge is -2.19. The summed E-state index contributed by atoms with van der Waals surface area (Å²) in [6, 6.07) is 9.50. The fourth-order valence-corrected chi connectivity index (χ4v) is 2.80. The minimum Gasteiger partial charge on any atom is -0.328 e. The van der Waals surface area contributed by atoms with Gasteiger partial charge in [0.05, 0.1) is 11.2 Å². The summed E-state index contributed by atoms with van der Waals surface area (Å²) in [5, 5.41) is 9.67. The van der Waals surface area contributed by atoms with E-state index < -0.39 is 11.6 Å². The Hall–Kier alpha value is -3.29. The Bertz CT molecular complexity index is 907.